The van der Waals surface area contributed by atoms with Gasteiger partial charge in [0.2, 0.25) is 0 Å². The van der Waals surface area contributed by atoms with E-state index in [-0.39, 0.29) is 17.0 Å². The zero-order chi connectivity index (χ0) is 20.4. The first-order valence-electron chi connectivity index (χ1n) is 10.5. The Kier molecular flexibility index (Phi) is 5.85. The molecule has 1 aromatic heterocycles. The van der Waals surface area contributed by atoms with Gasteiger partial charge in [0.1, 0.15) is 0 Å². The number of thiophene rings is 1. The number of amides is 1. The third-order valence-corrected chi connectivity index (χ3v) is 7.09. The first-order chi connectivity index (χ1) is 14.0. The highest BCUT2D eigenvalue weighted by Crippen LogP contribution is 2.35. The van der Waals surface area contributed by atoms with Gasteiger partial charge in [-0.25, -0.2) is 0 Å². The van der Waals surface area contributed by atoms with Crippen LogP contribution in [0.3, 0.4) is 0 Å². The van der Waals surface area contributed by atoms with Gasteiger partial charge in [0, 0.05) is 42.0 Å². The van der Waals surface area contributed by atoms with Crippen molar-refractivity contribution in [1.29, 1.82) is 0 Å². The van der Waals surface area contributed by atoms with Gasteiger partial charge in [0.15, 0.2) is 0 Å². The molecular weight excluding hydrogens is 386 g/mol. The SMILES string of the molecule is CC1CCCCC1N(C(=O)c1csc([N+](=O)[O-])c1)c1cccc(N2CCCC2)c1. The predicted octanol–water partition coefficient (Wildman–Crippen LogP) is 5.48. The van der Waals surface area contributed by atoms with Crippen molar-refractivity contribution in [2.75, 3.05) is 22.9 Å². The molecule has 0 spiro atoms. The smallest absolute Gasteiger partial charge is 0.324 e. The van der Waals surface area contributed by atoms with Crippen LogP contribution in [0, 0.1) is 16.0 Å². The summed E-state index contributed by atoms with van der Waals surface area (Å²) in [5.41, 5.74) is 2.45. The molecule has 0 bridgehead atoms. The van der Waals surface area contributed by atoms with Gasteiger partial charge in [-0.3, -0.25) is 14.9 Å². The molecule has 29 heavy (non-hydrogen) atoms. The van der Waals surface area contributed by atoms with E-state index in [1.54, 1.807) is 5.38 Å². The molecule has 1 amide bonds. The number of hydrogen-bond donors (Lipinski definition) is 0. The van der Waals surface area contributed by atoms with Gasteiger partial charge in [-0.15, -0.1) is 0 Å². The van der Waals surface area contributed by atoms with Crippen molar-refractivity contribution in [3.05, 3.63) is 51.4 Å². The van der Waals surface area contributed by atoms with E-state index < -0.39 is 4.92 Å². The summed E-state index contributed by atoms with van der Waals surface area (Å²) in [4.78, 5) is 28.5. The van der Waals surface area contributed by atoms with E-state index in [4.69, 9.17) is 0 Å². The maximum absolute atomic E-state index is 13.6. The third-order valence-electron chi connectivity index (χ3n) is 6.21. The van der Waals surface area contributed by atoms with Gasteiger partial charge in [0.25, 0.3) is 5.91 Å². The Hall–Kier alpha value is -2.41. The minimum Gasteiger partial charge on any atom is -0.371 e. The van der Waals surface area contributed by atoms with Crippen LogP contribution in [0.15, 0.2) is 35.7 Å². The van der Waals surface area contributed by atoms with Crippen LogP contribution in [0.4, 0.5) is 16.4 Å². The van der Waals surface area contributed by atoms with Crippen molar-refractivity contribution in [1.82, 2.24) is 0 Å². The minimum absolute atomic E-state index is 0.0100. The first-order valence-corrected chi connectivity index (χ1v) is 11.3. The lowest BCUT2D eigenvalue weighted by atomic mass is 9.84. The summed E-state index contributed by atoms with van der Waals surface area (Å²) in [6.07, 6.45) is 6.76. The summed E-state index contributed by atoms with van der Waals surface area (Å²) in [5.74, 6) is 0.267. The second-order valence-corrected chi connectivity index (χ2v) is 9.04. The van der Waals surface area contributed by atoms with Crippen LogP contribution in [-0.4, -0.2) is 30.0 Å². The maximum atomic E-state index is 13.6. The Morgan fingerprint density at radius 2 is 1.93 bits per heavy atom. The van der Waals surface area contributed by atoms with Crippen molar-refractivity contribution >= 4 is 33.6 Å². The number of carbonyl (C=O) groups excluding carboxylic acids is 1. The molecule has 1 aromatic carbocycles. The zero-order valence-corrected chi connectivity index (χ0v) is 17.6. The second kappa shape index (κ2) is 8.53. The largest absolute Gasteiger partial charge is 0.371 e. The van der Waals surface area contributed by atoms with Gasteiger partial charge < -0.3 is 9.80 Å². The van der Waals surface area contributed by atoms with Crippen LogP contribution in [-0.2, 0) is 0 Å². The van der Waals surface area contributed by atoms with E-state index >= 15 is 0 Å². The molecular formula is C22H27N3O3S. The lowest BCUT2D eigenvalue weighted by molar-refractivity contribution is -0.380. The van der Waals surface area contributed by atoms with E-state index in [0.717, 1.165) is 55.1 Å². The number of rotatable bonds is 5. The number of benzene rings is 1. The molecule has 6 nitrogen and oxygen atoms in total. The second-order valence-electron chi connectivity index (χ2n) is 8.15. The molecule has 1 saturated carbocycles. The quantitative estimate of drug-likeness (QED) is 0.481. The number of nitrogens with zero attached hydrogens (tertiary/aromatic N) is 3. The molecule has 1 aliphatic heterocycles. The fraction of sp³-hybridized carbons (Fsp3) is 0.500. The molecule has 2 unspecified atom stereocenters. The van der Waals surface area contributed by atoms with E-state index in [1.165, 1.54) is 25.3 Å². The van der Waals surface area contributed by atoms with Crippen LogP contribution in [0.25, 0.3) is 0 Å². The topological polar surface area (TPSA) is 66.7 Å². The van der Waals surface area contributed by atoms with Crippen molar-refractivity contribution in [3.63, 3.8) is 0 Å². The van der Waals surface area contributed by atoms with Crippen molar-refractivity contribution < 1.29 is 9.72 Å². The van der Waals surface area contributed by atoms with Crippen molar-refractivity contribution in [3.8, 4) is 0 Å². The van der Waals surface area contributed by atoms with Crippen LogP contribution in [0.2, 0.25) is 0 Å². The summed E-state index contributed by atoms with van der Waals surface area (Å²) >= 11 is 1.01. The Labute approximate surface area is 175 Å². The van der Waals surface area contributed by atoms with E-state index in [2.05, 4.69) is 24.0 Å². The van der Waals surface area contributed by atoms with Crippen molar-refractivity contribution in [2.24, 2.45) is 5.92 Å². The highest BCUT2D eigenvalue weighted by atomic mass is 32.1. The van der Waals surface area contributed by atoms with Crippen LogP contribution < -0.4 is 9.80 Å². The van der Waals surface area contributed by atoms with Crippen LogP contribution in [0.5, 0.6) is 0 Å². The van der Waals surface area contributed by atoms with Crippen LogP contribution in [0.1, 0.15) is 55.8 Å². The van der Waals surface area contributed by atoms with Gasteiger partial charge >= 0.3 is 5.00 Å². The highest BCUT2D eigenvalue weighted by Gasteiger charge is 2.33. The molecule has 2 aliphatic rings. The molecule has 0 radical (unpaired) electrons. The summed E-state index contributed by atoms with van der Waals surface area (Å²) in [7, 11) is 0. The van der Waals surface area contributed by atoms with Crippen LogP contribution >= 0.6 is 11.3 Å². The third kappa shape index (κ3) is 4.15. The Bertz CT molecular complexity index is 891. The molecule has 4 rings (SSSR count). The molecule has 2 fully saturated rings. The summed E-state index contributed by atoms with van der Waals surface area (Å²) in [6.45, 7) is 4.31. The molecule has 1 saturated heterocycles. The van der Waals surface area contributed by atoms with Crippen molar-refractivity contribution in [2.45, 2.75) is 51.5 Å². The minimum atomic E-state index is -0.428. The van der Waals surface area contributed by atoms with Gasteiger partial charge in [-0.05, 0) is 49.8 Å². The molecule has 7 heteroatoms. The molecule has 154 valence electrons. The fourth-order valence-corrected chi connectivity index (χ4v) is 5.32. The molecule has 0 N–H and O–H groups in total. The average molecular weight is 414 g/mol. The van der Waals surface area contributed by atoms with E-state index in [0.29, 0.717) is 11.5 Å². The molecule has 2 atom stereocenters. The predicted molar refractivity (Wildman–Crippen MR) is 117 cm³/mol. The number of carbonyl (C=O) groups is 1. The normalized spacial score (nSPS) is 21.9. The number of nitro groups is 1. The standard InChI is InChI=1S/C22H27N3O3S/c1-16-7-2-3-10-20(16)24(22(26)17-13-21(25(27)28)29-15-17)19-9-6-8-18(14-19)23-11-4-5-12-23/h6,8-9,13-16,20H,2-5,7,10-12H2,1H3. The highest BCUT2D eigenvalue weighted by molar-refractivity contribution is 7.13. The zero-order valence-electron chi connectivity index (χ0n) is 16.8. The molecule has 2 heterocycles. The molecule has 1 aliphatic carbocycles. The fourth-order valence-electron chi connectivity index (χ4n) is 4.63. The Morgan fingerprint density at radius 1 is 1.17 bits per heavy atom. The monoisotopic (exact) mass is 413 g/mol. The number of anilines is 2. The van der Waals surface area contributed by atoms with E-state index in [9.17, 15) is 14.9 Å². The van der Waals surface area contributed by atoms with Gasteiger partial charge in [-0.2, -0.15) is 0 Å². The summed E-state index contributed by atoms with van der Waals surface area (Å²) < 4.78 is 0. The van der Waals surface area contributed by atoms with Gasteiger partial charge in [-0.1, -0.05) is 37.2 Å². The lowest BCUT2D eigenvalue weighted by Gasteiger charge is -2.39. The lowest BCUT2D eigenvalue weighted by Crippen LogP contribution is -2.45. The summed E-state index contributed by atoms with van der Waals surface area (Å²) in [5, 5.41) is 12.7. The Morgan fingerprint density at radius 3 is 2.62 bits per heavy atom. The maximum Gasteiger partial charge on any atom is 0.324 e. The first kappa shape index (κ1) is 19.9. The van der Waals surface area contributed by atoms with Gasteiger partial charge in [0.05, 0.1) is 10.5 Å². The Balaban J connectivity index is 1.71. The average Bonchev–Trinajstić information content (AvgIpc) is 3.42. The molecule has 2 aromatic rings. The van der Waals surface area contributed by atoms with E-state index in [1.807, 2.05) is 17.0 Å². The summed E-state index contributed by atoms with van der Waals surface area (Å²) in [6, 6.07) is 9.77. The number of hydrogen-bond acceptors (Lipinski definition) is 5.